The second-order valence-corrected chi connectivity index (χ2v) is 7.32. The molecule has 1 aliphatic rings. The lowest BCUT2D eigenvalue weighted by molar-refractivity contribution is 0.0273. The predicted octanol–water partition coefficient (Wildman–Crippen LogP) is 3.67. The zero-order valence-corrected chi connectivity index (χ0v) is 16.4. The Bertz CT molecular complexity index is 616. The first-order valence-electron chi connectivity index (χ1n) is 9.70. The van der Waals surface area contributed by atoms with Gasteiger partial charge in [0.25, 0.3) is 5.91 Å². The topological polar surface area (TPSA) is 80.4 Å². The average Bonchev–Trinajstić information content (AvgIpc) is 2.89. The van der Waals surface area contributed by atoms with Gasteiger partial charge in [-0.05, 0) is 52.5 Å². The first-order chi connectivity index (χ1) is 12.4. The molecule has 1 heterocycles. The van der Waals surface area contributed by atoms with Crippen LogP contribution in [-0.4, -0.2) is 42.2 Å². The molecule has 1 aliphatic carbocycles. The summed E-state index contributed by atoms with van der Waals surface area (Å²) >= 11 is 0. The Morgan fingerprint density at radius 1 is 1.19 bits per heavy atom. The van der Waals surface area contributed by atoms with E-state index in [2.05, 4.69) is 10.3 Å². The normalized spacial score (nSPS) is 15.3. The van der Waals surface area contributed by atoms with E-state index < -0.39 is 5.97 Å². The number of hydrogen-bond acceptors (Lipinski definition) is 4. The van der Waals surface area contributed by atoms with Crippen molar-refractivity contribution >= 4 is 11.9 Å². The Kier molecular flexibility index (Phi) is 7.69. The van der Waals surface area contributed by atoms with Gasteiger partial charge in [0, 0.05) is 18.8 Å². The molecule has 0 spiro atoms. The van der Waals surface area contributed by atoms with E-state index in [0.717, 1.165) is 19.3 Å². The number of carbonyl (C=O) groups is 2. The van der Waals surface area contributed by atoms with Crippen molar-refractivity contribution in [1.29, 1.82) is 0 Å². The molecule has 1 aromatic heterocycles. The van der Waals surface area contributed by atoms with E-state index in [1.165, 1.54) is 19.3 Å². The largest absolute Gasteiger partial charge is 0.459 e. The fourth-order valence-corrected chi connectivity index (χ4v) is 3.40. The summed E-state index contributed by atoms with van der Waals surface area (Å²) in [4.78, 5) is 27.6. The number of hydrogen-bond donors (Lipinski definition) is 2. The number of carbonyl (C=O) groups excluding carboxylic acids is 2. The summed E-state index contributed by atoms with van der Waals surface area (Å²) in [6.07, 6.45) is 7.12. The van der Waals surface area contributed by atoms with Crippen LogP contribution in [0.5, 0.6) is 0 Å². The minimum absolute atomic E-state index is 0.197. The predicted molar refractivity (Wildman–Crippen MR) is 101 cm³/mol. The minimum atomic E-state index is -0.397. The fraction of sp³-hybridized carbons (Fsp3) is 0.700. The first kappa shape index (κ1) is 20.5. The molecule has 1 aromatic rings. The number of nitrogens with one attached hydrogen (secondary N) is 2. The molecule has 0 saturated heterocycles. The summed E-state index contributed by atoms with van der Waals surface area (Å²) in [5, 5.41) is 2.90. The Labute approximate surface area is 156 Å². The van der Waals surface area contributed by atoms with Gasteiger partial charge in [0.1, 0.15) is 5.69 Å². The molecule has 1 amide bonds. The van der Waals surface area contributed by atoms with Crippen molar-refractivity contribution in [3.63, 3.8) is 0 Å². The average molecular weight is 364 g/mol. The molecule has 0 radical (unpaired) electrons. The number of aromatic amines is 1. The Morgan fingerprint density at radius 3 is 2.54 bits per heavy atom. The van der Waals surface area contributed by atoms with Crippen LogP contribution in [0.15, 0.2) is 0 Å². The van der Waals surface area contributed by atoms with Gasteiger partial charge in [-0.3, -0.25) is 4.79 Å². The third-order valence-electron chi connectivity index (χ3n) is 4.72. The highest BCUT2D eigenvalue weighted by molar-refractivity contribution is 6.00. The zero-order chi connectivity index (χ0) is 19.1. The van der Waals surface area contributed by atoms with Gasteiger partial charge in [0.05, 0.1) is 17.8 Å². The van der Waals surface area contributed by atoms with Gasteiger partial charge in [-0.15, -0.1) is 0 Å². The number of H-pyrrole nitrogens is 1. The lowest BCUT2D eigenvalue weighted by atomic mass is 9.98. The second kappa shape index (κ2) is 9.76. The van der Waals surface area contributed by atoms with E-state index in [4.69, 9.17) is 9.47 Å². The van der Waals surface area contributed by atoms with Crippen LogP contribution in [0.1, 0.15) is 84.5 Å². The molecule has 1 fully saturated rings. The number of aryl methyl sites for hydroxylation is 1. The third kappa shape index (κ3) is 5.59. The monoisotopic (exact) mass is 364 g/mol. The zero-order valence-electron chi connectivity index (χ0n) is 16.4. The summed E-state index contributed by atoms with van der Waals surface area (Å²) in [5.41, 5.74) is 2.15. The maximum absolute atomic E-state index is 12.4. The molecule has 0 aromatic carbocycles. The lowest BCUT2D eigenvalue weighted by Crippen LogP contribution is -2.27. The van der Waals surface area contributed by atoms with E-state index in [1.807, 2.05) is 0 Å². The van der Waals surface area contributed by atoms with Gasteiger partial charge >= 0.3 is 5.97 Å². The van der Waals surface area contributed by atoms with Gasteiger partial charge in [0.15, 0.2) is 0 Å². The molecule has 6 nitrogen and oxygen atoms in total. The van der Waals surface area contributed by atoms with Crippen molar-refractivity contribution in [2.75, 3.05) is 13.2 Å². The van der Waals surface area contributed by atoms with Gasteiger partial charge in [-0.2, -0.15) is 0 Å². The van der Waals surface area contributed by atoms with Gasteiger partial charge in [0.2, 0.25) is 0 Å². The highest BCUT2D eigenvalue weighted by Crippen LogP contribution is 2.21. The molecule has 0 unspecified atom stereocenters. The molecule has 0 atom stereocenters. The summed E-state index contributed by atoms with van der Waals surface area (Å²) < 4.78 is 11.1. The van der Waals surface area contributed by atoms with Crippen LogP contribution in [0.2, 0.25) is 0 Å². The number of amides is 1. The summed E-state index contributed by atoms with van der Waals surface area (Å²) in [6, 6.07) is 0. The fourth-order valence-electron chi connectivity index (χ4n) is 3.40. The summed E-state index contributed by atoms with van der Waals surface area (Å²) in [5.74, 6) is -0.599. The maximum Gasteiger partial charge on any atom is 0.340 e. The van der Waals surface area contributed by atoms with Crippen LogP contribution in [0.4, 0.5) is 0 Å². The molecule has 146 valence electrons. The molecule has 0 aliphatic heterocycles. The minimum Gasteiger partial charge on any atom is -0.459 e. The van der Waals surface area contributed by atoms with Crippen molar-refractivity contribution in [3.05, 3.63) is 22.5 Å². The van der Waals surface area contributed by atoms with E-state index >= 15 is 0 Å². The Balaban J connectivity index is 1.80. The van der Waals surface area contributed by atoms with Crippen LogP contribution >= 0.6 is 0 Å². The molecular formula is C20H32N2O4. The van der Waals surface area contributed by atoms with Crippen molar-refractivity contribution in [2.45, 2.75) is 78.4 Å². The van der Waals surface area contributed by atoms with Crippen molar-refractivity contribution < 1.29 is 19.1 Å². The molecular weight excluding hydrogens is 332 g/mol. The van der Waals surface area contributed by atoms with Crippen LogP contribution < -0.4 is 5.32 Å². The van der Waals surface area contributed by atoms with Crippen LogP contribution in [0, 0.1) is 13.8 Å². The van der Waals surface area contributed by atoms with E-state index in [-0.39, 0.29) is 12.0 Å². The van der Waals surface area contributed by atoms with Crippen LogP contribution in [0.25, 0.3) is 0 Å². The Hall–Kier alpha value is -1.82. The van der Waals surface area contributed by atoms with Crippen molar-refractivity contribution in [1.82, 2.24) is 10.3 Å². The standard InChI is InChI=1S/C20H32N2O4/c1-13(2)26-20(24)17-14(3)18(22-15(17)4)19(23)21-11-8-12-25-16-9-6-5-7-10-16/h13,16,22H,5-12H2,1-4H3,(H,21,23). The number of ether oxygens (including phenoxy) is 2. The molecule has 6 heteroatoms. The van der Waals surface area contributed by atoms with E-state index in [0.29, 0.717) is 41.8 Å². The second-order valence-electron chi connectivity index (χ2n) is 7.32. The van der Waals surface area contributed by atoms with E-state index in [1.54, 1.807) is 27.7 Å². The molecule has 0 bridgehead atoms. The highest BCUT2D eigenvalue weighted by atomic mass is 16.5. The molecule has 2 N–H and O–H groups in total. The Morgan fingerprint density at radius 2 is 1.88 bits per heavy atom. The number of aromatic nitrogens is 1. The molecule has 2 rings (SSSR count). The van der Waals surface area contributed by atoms with Crippen LogP contribution in [-0.2, 0) is 9.47 Å². The van der Waals surface area contributed by atoms with Gasteiger partial charge < -0.3 is 19.8 Å². The van der Waals surface area contributed by atoms with E-state index in [9.17, 15) is 9.59 Å². The quantitative estimate of drug-likeness (QED) is 0.545. The molecule has 1 saturated carbocycles. The highest BCUT2D eigenvalue weighted by Gasteiger charge is 2.23. The SMILES string of the molecule is Cc1[nH]c(C(=O)NCCCOC2CCCCC2)c(C)c1C(=O)OC(C)C. The molecule has 26 heavy (non-hydrogen) atoms. The third-order valence-corrected chi connectivity index (χ3v) is 4.72. The van der Waals surface area contributed by atoms with Crippen molar-refractivity contribution in [2.24, 2.45) is 0 Å². The maximum atomic E-state index is 12.4. The summed E-state index contributed by atoms with van der Waals surface area (Å²) in [6.45, 7) is 8.37. The van der Waals surface area contributed by atoms with Crippen molar-refractivity contribution in [3.8, 4) is 0 Å². The van der Waals surface area contributed by atoms with Gasteiger partial charge in [-0.25, -0.2) is 4.79 Å². The smallest absolute Gasteiger partial charge is 0.340 e. The van der Waals surface area contributed by atoms with Gasteiger partial charge in [-0.1, -0.05) is 19.3 Å². The number of esters is 1. The lowest BCUT2D eigenvalue weighted by Gasteiger charge is -2.21. The van der Waals surface area contributed by atoms with Crippen LogP contribution in [0.3, 0.4) is 0 Å². The first-order valence-corrected chi connectivity index (χ1v) is 9.70. The summed E-state index contributed by atoms with van der Waals surface area (Å²) in [7, 11) is 0. The number of rotatable bonds is 8.